The zero-order valence-corrected chi connectivity index (χ0v) is 14.5. The largest absolute Gasteiger partial charge is 0.495 e. The molecule has 1 aromatic rings. The number of ether oxygens (including phenoxy) is 1. The number of methoxy groups -OCH3 is 1. The number of halogens is 1. The van der Waals surface area contributed by atoms with Crippen LogP contribution in [0.2, 0.25) is 5.02 Å². The summed E-state index contributed by atoms with van der Waals surface area (Å²) < 4.78 is 5.33. The van der Waals surface area contributed by atoms with Gasteiger partial charge in [0.2, 0.25) is 11.8 Å². The van der Waals surface area contributed by atoms with Gasteiger partial charge in [0.05, 0.1) is 18.7 Å². The van der Waals surface area contributed by atoms with Crippen molar-refractivity contribution in [2.24, 2.45) is 5.92 Å². The van der Waals surface area contributed by atoms with Crippen LogP contribution in [0.3, 0.4) is 0 Å². The minimum absolute atomic E-state index is 0.0653. The van der Waals surface area contributed by atoms with Gasteiger partial charge in [-0.15, -0.1) is 0 Å². The number of nitrogens with one attached hydrogen (secondary N) is 1. The molecule has 1 unspecified atom stereocenters. The topological polar surface area (TPSA) is 61.9 Å². The van der Waals surface area contributed by atoms with Crippen LogP contribution in [0.1, 0.15) is 12.8 Å². The molecule has 2 fully saturated rings. The van der Waals surface area contributed by atoms with Crippen LogP contribution in [0.15, 0.2) is 18.2 Å². The van der Waals surface area contributed by atoms with Gasteiger partial charge in [0, 0.05) is 37.6 Å². The second kappa shape index (κ2) is 7.40. The molecular weight excluding hydrogens is 330 g/mol. The van der Waals surface area contributed by atoms with E-state index >= 15 is 0 Å². The lowest BCUT2D eigenvalue weighted by Gasteiger charge is -2.24. The number of anilines is 1. The van der Waals surface area contributed by atoms with E-state index in [0.29, 0.717) is 29.5 Å². The first-order valence-electron chi connectivity index (χ1n) is 8.23. The third-order valence-electron chi connectivity index (χ3n) is 4.56. The van der Waals surface area contributed by atoms with Crippen LogP contribution in [0.4, 0.5) is 5.69 Å². The molecule has 0 saturated carbocycles. The highest BCUT2D eigenvalue weighted by molar-refractivity contribution is 6.31. The lowest BCUT2D eigenvalue weighted by molar-refractivity contribution is -0.135. The molecule has 0 aliphatic carbocycles. The summed E-state index contributed by atoms with van der Waals surface area (Å²) in [5.74, 6) is 0.275. The Morgan fingerprint density at radius 3 is 2.96 bits per heavy atom. The van der Waals surface area contributed by atoms with E-state index in [0.717, 1.165) is 26.1 Å². The standard InChI is InChI=1S/C17H22ClN3O3/c1-24-15-4-3-13(18)10-14(15)21-11-12(9-16(21)22)17(23)20-7-2-5-19-6-8-20/h3-4,10,12,19H,2,5-9,11H2,1H3. The first-order chi connectivity index (χ1) is 11.6. The van der Waals surface area contributed by atoms with E-state index < -0.39 is 0 Å². The first kappa shape index (κ1) is 17.0. The molecule has 2 amide bonds. The fourth-order valence-corrected chi connectivity index (χ4v) is 3.47. The van der Waals surface area contributed by atoms with E-state index in [-0.39, 0.29) is 24.2 Å². The Hall–Kier alpha value is -1.79. The molecule has 24 heavy (non-hydrogen) atoms. The molecule has 7 heteroatoms. The molecular formula is C17H22ClN3O3. The molecule has 1 N–H and O–H groups in total. The number of carbonyl (C=O) groups excluding carboxylic acids is 2. The van der Waals surface area contributed by atoms with Crippen molar-refractivity contribution in [3.05, 3.63) is 23.2 Å². The summed E-state index contributed by atoms with van der Waals surface area (Å²) in [6, 6.07) is 5.17. The maximum Gasteiger partial charge on any atom is 0.228 e. The van der Waals surface area contributed by atoms with Gasteiger partial charge < -0.3 is 19.9 Å². The second-order valence-corrected chi connectivity index (χ2v) is 6.59. The zero-order valence-electron chi connectivity index (χ0n) is 13.8. The summed E-state index contributed by atoms with van der Waals surface area (Å²) in [6.45, 7) is 3.55. The average molecular weight is 352 g/mol. The van der Waals surface area contributed by atoms with Crippen LogP contribution < -0.4 is 15.0 Å². The minimum Gasteiger partial charge on any atom is -0.495 e. The second-order valence-electron chi connectivity index (χ2n) is 6.15. The quantitative estimate of drug-likeness (QED) is 0.897. The minimum atomic E-state index is -0.306. The smallest absolute Gasteiger partial charge is 0.228 e. The average Bonchev–Trinajstić information content (AvgIpc) is 2.79. The summed E-state index contributed by atoms with van der Waals surface area (Å²) in [5, 5.41) is 3.82. The Bertz CT molecular complexity index is 630. The van der Waals surface area contributed by atoms with Crippen LogP contribution in [0.5, 0.6) is 5.75 Å². The van der Waals surface area contributed by atoms with Crippen LogP contribution in [-0.4, -0.2) is 56.5 Å². The number of carbonyl (C=O) groups is 2. The number of nitrogens with zero attached hydrogens (tertiary/aromatic N) is 2. The molecule has 2 saturated heterocycles. The molecule has 6 nitrogen and oxygen atoms in total. The molecule has 1 atom stereocenters. The van der Waals surface area contributed by atoms with Crippen LogP contribution in [0, 0.1) is 5.92 Å². The van der Waals surface area contributed by atoms with Gasteiger partial charge in [-0.2, -0.15) is 0 Å². The Kier molecular flexibility index (Phi) is 5.26. The van der Waals surface area contributed by atoms with Crippen molar-refractivity contribution < 1.29 is 14.3 Å². The summed E-state index contributed by atoms with van der Waals surface area (Å²) in [5.41, 5.74) is 0.628. The fraction of sp³-hybridized carbons (Fsp3) is 0.529. The van der Waals surface area contributed by atoms with E-state index in [1.165, 1.54) is 0 Å². The SMILES string of the molecule is COc1ccc(Cl)cc1N1CC(C(=O)N2CCCNCC2)CC1=O. The lowest BCUT2D eigenvalue weighted by atomic mass is 10.1. The Morgan fingerprint density at radius 2 is 2.17 bits per heavy atom. The Labute approximate surface area is 146 Å². The number of amides is 2. The monoisotopic (exact) mass is 351 g/mol. The molecule has 0 aromatic heterocycles. The van der Waals surface area contributed by atoms with Crippen LogP contribution >= 0.6 is 11.6 Å². The van der Waals surface area contributed by atoms with Crippen molar-refractivity contribution >= 4 is 29.1 Å². The highest BCUT2D eigenvalue weighted by Gasteiger charge is 2.38. The van der Waals surface area contributed by atoms with Crippen molar-refractivity contribution in [1.29, 1.82) is 0 Å². The van der Waals surface area contributed by atoms with Gasteiger partial charge in [-0.05, 0) is 31.2 Å². The van der Waals surface area contributed by atoms with Crippen molar-refractivity contribution in [2.75, 3.05) is 44.7 Å². The summed E-state index contributed by atoms with van der Waals surface area (Å²) in [4.78, 5) is 28.7. The van der Waals surface area contributed by atoms with Gasteiger partial charge in [-0.1, -0.05) is 11.6 Å². The van der Waals surface area contributed by atoms with Gasteiger partial charge in [0.1, 0.15) is 5.75 Å². The molecule has 0 bridgehead atoms. The van der Waals surface area contributed by atoms with Gasteiger partial charge in [-0.25, -0.2) is 0 Å². The molecule has 3 rings (SSSR count). The van der Waals surface area contributed by atoms with E-state index in [1.54, 1.807) is 30.2 Å². The van der Waals surface area contributed by atoms with Crippen LogP contribution in [0.25, 0.3) is 0 Å². The predicted octanol–water partition coefficient (Wildman–Crippen LogP) is 1.52. The highest BCUT2D eigenvalue weighted by Crippen LogP contribution is 2.35. The van der Waals surface area contributed by atoms with Gasteiger partial charge >= 0.3 is 0 Å². The molecule has 2 aliphatic heterocycles. The zero-order chi connectivity index (χ0) is 17.1. The van der Waals surface area contributed by atoms with E-state index in [4.69, 9.17) is 16.3 Å². The normalized spacial score (nSPS) is 21.8. The molecule has 2 heterocycles. The molecule has 2 aliphatic rings. The predicted molar refractivity (Wildman–Crippen MR) is 92.5 cm³/mol. The van der Waals surface area contributed by atoms with Gasteiger partial charge in [0.25, 0.3) is 0 Å². The van der Waals surface area contributed by atoms with Crippen molar-refractivity contribution in [2.45, 2.75) is 12.8 Å². The summed E-state index contributed by atoms with van der Waals surface area (Å²) in [6.07, 6.45) is 1.18. The van der Waals surface area contributed by atoms with Gasteiger partial charge in [-0.3, -0.25) is 9.59 Å². The number of hydrogen-bond acceptors (Lipinski definition) is 4. The van der Waals surface area contributed by atoms with Crippen molar-refractivity contribution in [3.8, 4) is 5.75 Å². The number of benzene rings is 1. The third kappa shape index (κ3) is 3.49. The first-order valence-corrected chi connectivity index (χ1v) is 8.61. The van der Waals surface area contributed by atoms with E-state index in [2.05, 4.69) is 5.32 Å². The van der Waals surface area contributed by atoms with Crippen molar-refractivity contribution in [3.63, 3.8) is 0 Å². The molecule has 130 valence electrons. The molecule has 0 spiro atoms. The highest BCUT2D eigenvalue weighted by atomic mass is 35.5. The maximum atomic E-state index is 12.8. The number of hydrogen-bond donors (Lipinski definition) is 1. The fourth-order valence-electron chi connectivity index (χ4n) is 3.30. The van der Waals surface area contributed by atoms with Gasteiger partial charge in [0.15, 0.2) is 0 Å². The van der Waals surface area contributed by atoms with E-state index in [1.807, 2.05) is 4.90 Å². The number of rotatable bonds is 3. The third-order valence-corrected chi connectivity index (χ3v) is 4.79. The molecule has 1 aromatic carbocycles. The molecule has 0 radical (unpaired) electrons. The Morgan fingerprint density at radius 1 is 1.33 bits per heavy atom. The van der Waals surface area contributed by atoms with Crippen molar-refractivity contribution in [1.82, 2.24) is 10.2 Å². The Balaban J connectivity index is 1.76. The summed E-state index contributed by atoms with van der Waals surface area (Å²) in [7, 11) is 1.56. The van der Waals surface area contributed by atoms with Crippen LogP contribution in [-0.2, 0) is 9.59 Å². The summed E-state index contributed by atoms with van der Waals surface area (Å²) >= 11 is 6.06. The maximum absolute atomic E-state index is 12.8. The van der Waals surface area contributed by atoms with E-state index in [9.17, 15) is 9.59 Å². The lowest BCUT2D eigenvalue weighted by Crippen LogP contribution is -2.39.